The van der Waals surface area contributed by atoms with E-state index in [1.807, 2.05) is 6.92 Å². The molecule has 0 spiro atoms. The van der Waals surface area contributed by atoms with Gasteiger partial charge in [0, 0.05) is 12.5 Å². The molecule has 3 N–H and O–H groups in total. The van der Waals surface area contributed by atoms with Crippen LogP contribution in [0.3, 0.4) is 0 Å². The third-order valence-electron chi connectivity index (χ3n) is 2.80. The number of likely N-dealkylation sites (tertiary alicyclic amines) is 1. The Morgan fingerprint density at radius 1 is 1.62 bits per heavy atom. The Kier molecular flexibility index (Phi) is 2.00. The van der Waals surface area contributed by atoms with Gasteiger partial charge in [-0.1, -0.05) is 0 Å². The van der Waals surface area contributed by atoms with Gasteiger partial charge in [0.05, 0.1) is 17.1 Å². The van der Waals surface area contributed by atoms with E-state index in [4.69, 9.17) is 5.73 Å². The molecule has 0 aliphatic carbocycles. The summed E-state index contributed by atoms with van der Waals surface area (Å²) in [6, 6.07) is 0. The molecule has 1 aromatic rings. The van der Waals surface area contributed by atoms with Gasteiger partial charge in [0.1, 0.15) is 0 Å². The third kappa shape index (κ3) is 1.42. The van der Waals surface area contributed by atoms with Gasteiger partial charge < -0.3 is 10.6 Å². The van der Waals surface area contributed by atoms with Gasteiger partial charge >= 0.3 is 0 Å². The normalized spacial score (nSPS) is 24.0. The summed E-state index contributed by atoms with van der Waals surface area (Å²) in [6.07, 6.45) is 1.17. The maximum absolute atomic E-state index is 5.92. The first-order chi connectivity index (χ1) is 6.18. The van der Waals surface area contributed by atoms with Gasteiger partial charge in [-0.15, -0.1) is 0 Å². The van der Waals surface area contributed by atoms with Crippen LogP contribution in [0.2, 0.25) is 0 Å². The summed E-state index contributed by atoms with van der Waals surface area (Å²) >= 11 is 0. The van der Waals surface area contributed by atoms with Crippen molar-refractivity contribution in [2.75, 3.05) is 25.9 Å². The number of aromatic amines is 1. The number of aromatic nitrogens is 2. The Morgan fingerprint density at radius 3 is 2.85 bits per heavy atom. The predicted molar refractivity (Wildman–Crippen MR) is 52.6 cm³/mol. The van der Waals surface area contributed by atoms with Crippen molar-refractivity contribution in [3.63, 3.8) is 0 Å². The molecule has 0 radical (unpaired) electrons. The minimum Gasteiger partial charge on any atom is -0.396 e. The van der Waals surface area contributed by atoms with Crippen molar-refractivity contribution in [2.24, 2.45) is 0 Å². The van der Waals surface area contributed by atoms with Crippen LogP contribution in [0.4, 0.5) is 5.69 Å². The molecular weight excluding hydrogens is 164 g/mol. The Bertz CT molecular complexity index is 305. The summed E-state index contributed by atoms with van der Waals surface area (Å²) in [6.45, 7) is 4.19. The summed E-state index contributed by atoms with van der Waals surface area (Å²) in [7, 11) is 2.13. The lowest BCUT2D eigenvalue weighted by atomic mass is 10.0. The molecule has 4 heteroatoms. The van der Waals surface area contributed by atoms with E-state index in [2.05, 4.69) is 22.1 Å². The second kappa shape index (κ2) is 3.03. The molecule has 1 unspecified atom stereocenters. The number of rotatable bonds is 1. The standard InChI is InChI=1S/C9H16N4/c1-6-8(10)9(12-11-6)7-3-4-13(2)5-7/h7H,3-5,10H2,1-2H3,(H,11,12). The molecule has 2 rings (SSSR count). The second-order valence-electron chi connectivity index (χ2n) is 3.90. The third-order valence-corrected chi connectivity index (χ3v) is 2.80. The Morgan fingerprint density at radius 2 is 2.38 bits per heavy atom. The van der Waals surface area contributed by atoms with Gasteiger partial charge in [-0.05, 0) is 26.9 Å². The number of hydrogen-bond donors (Lipinski definition) is 2. The zero-order valence-electron chi connectivity index (χ0n) is 8.17. The van der Waals surface area contributed by atoms with Crippen LogP contribution in [0.5, 0.6) is 0 Å². The molecule has 1 aromatic heterocycles. The van der Waals surface area contributed by atoms with Crippen molar-refractivity contribution in [1.29, 1.82) is 0 Å². The smallest absolute Gasteiger partial charge is 0.0898 e. The van der Waals surface area contributed by atoms with E-state index in [-0.39, 0.29) is 0 Å². The van der Waals surface area contributed by atoms with Gasteiger partial charge in [0.15, 0.2) is 0 Å². The molecule has 0 bridgehead atoms. The Labute approximate surface area is 78.1 Å². The number of H-pyrrole nitrogens is 1. The first kappa shape index (κ1) is 8.56. The van der Waals surface area contributed by atoms with E-state index < -0.39 is 0 Å². The van der Waals surface area contributed by atoms with Gasteiger partial charge in [0.2, 0.25) is 0 Å². The number of nitrogen functional groups attached to an aromatic ring is 1. The molecule has 1 aliphatic heterocycles. The number of likely N-dealkylation sites (N-methyl/N-ethyl adjacent to an activating group) is 1. The molecule has 13 heavy (non-hydrogen) atoms. The predicted octanol–water partition coefficient (Wildman–Crippen LogP) is 0.719. The van der Waals surface area contributed by atoms with Gasteiger partial charge in [0.25, 0.3) is 0 Å². The van der Waals surface area contributed by atoms with Crippen LogP contribution in [-0.2, 0) is 0 Å². The van der Waals surface area contributed by atoms with E-state index in [0.717, 1.165) is 30.2 Å². The molecule has 1 saturated heterocycles. The van der Waals surface area contributed by atoms with Crippen molar-refractivity contribution in [3.8, 4) is 0 Å². The number of aryl methyl sites for hydroxylation is 1. The summed E-state index contributed by atoms with van der Waals surface area (Å²) in [5, 5.41) is 7.19. The number of hydrogen-bond acceptors (Lipinski definition) is 3. The van der Waals surface area contributed by atoms with Gasteiger partial charge in [-0.25, -0.2) is 0 Å². The summed E-state index contributed by atoms with van der Waals surface area (Å²) in [5.41, 5.74) is 8.81. The fraction of sp³-hybridized carbons (Fsp3) is 0.667. The van der Waals surface area contributed by atoms with Crippen LogP contribution in [0.25, 0.3) is 0 Å². The van der Waals surface area contributed by atoms with Crippen LogP contribution in [-0.4, -0.2) is 35.2 Å². The average molecular weight is 180 g/mol. The summed E-state index contributed by atoms with van der Waals surface area (Å²) in [5.74, 6) is 0.523. The van der Waals surface area contributed by atoms with Crippen molar-refractivity contribution in [3.05, 3.63) is 11.4 Å². The molecule has 4 nitrogen and oxygen atoms in total. The highest BCUT2D eigenvalue weighted by atomic mass is 15.2. The highest BCUT2D eigenvalue weighted by molar-refractivity contribution is 5.48. The lowest BCUT2D eigenvalue weighted by Crippen LogP contribution is -2.13. The Balaban J connectivity index is 2.21. The Hall–Kier alpha value is -1.03. The molecule has 0 saturated carbocycles. The van der Waals surface area contributed by atoms with Crippen molar-refractivity contribution >= 4 is 5.69 Å². The topological polar surface area (TPSA) is 57.9 Å². The van der Waals surface area contributed by atoms with Gasteiger partial charge in [-0.3, -0.25) is 5.10 Å². The summed E-state index contributed by atoms with van der Waals surface area (Å²) < 4.78 is 0. The fourth-order valence-electron chi connectivity index (χ4n) is 1.93. The maximum Gasteiger partial charge on any atom is 0.0898 e. The van der Waals surface area contributed by atoms with E-state index in [1.165, 1.54) is 6.42 Å². The van der Waals surface area contributed by atoms with E-state index >= 15 is 0 Å². The first-order valence-corrected chi connectivity index (χ1v) is 4.67. The minimum absolute atomic E-state index is 0.523. The molecule has 1 atom stereocenters. The van der Waals surface area contributed by atoms with E-state index in [9.17, 15) is 0 Å². The monoisotopic (exact) mass is 180 g/mol. The molecule has 0 amide bonds. The largest absolute Gasteiger partial charge is 0.396 e. The molecule has 1 aliphatic rings. The fourth-order valence-corrected chi connectivity index (χ4v) is 1.93. The van der Waals surface area contributed by atoms with E-state index in [1.54, 1.807) is 0 Å². The molecule has 1 fully saturated rings. The van der Waals surface area contributed by atoms with Crippen LogP contribution in [0, 0.1) is 6.92 Å². The minimum atomic E-state index is 0.523. The van der Waals surface area contributed by atoms with Crippen LogP contribution in [0.1, 0.15) is 23.7 Å². The van der Waals surface area contributed by atoms with Crippen LogP contribution >= 0.6 is 0 Å². The van der Waals surface area contributed by atoms with E-state index in [0.29, 0.717) is 5.92 Å². The van der Waals surface area contributed by atoms with Crippen LogP contribution in [0.15, 0.2) is 0 Å². The lowest BCUT2D eigenvalue weighted by Gasteiger charge is -2.08. The van der Waals surface area contributed by atoms with Crippen LogP contribution < -0.4 is 5.73 Å². The highest BCUT2D eigenvalue weighted by Gasteiger charge is 2.25. The molecule has 2 heterocycles. The molecule has 72 valence electrons. The van der Waals surface area contributed by atoms with Crippen molar-refractivity contribution < 1.29 is 0 Å². The number of nitrogens with zero attached hydrogens (tertiary/aromatic N) is 2. The molecule has 0 aromatic carbocycles. The first-order valence-electron chi connectivity index (χ1n) is 4.67. The zero-order chi connectivity index (χ0) is 9.42. The SMILES string of the molecule is Cc1[nH]nc(C2CCN(C)C2)c1N. The van der Waals surface area contributed by atoms with Gasteiger partial charge in [-0.2, -0.15) is 5.10 Å². The highest BCUT2D eigenvalue weighted by Crippen LogP contribution is 2.29. The van der Waals surface area contributed by atoms with Crippen molar-refractivity contribution in [1.82, 2.24) is 15.1 Å². The summed E-state index contributed by atoms with van der Waals surface area (Å²) in [4.78, 5) is 2.31. The maximum atomic E-state index is 5.92. The number of nitrogens with two attached hydrogens (primary N) is 1. The quantitative estimate of drug-likeness (QED) is 0.669. The average Bonchev–Trinajstić information content (AvgIpc) is 2.62. The second-order valence-corrected chi connectivity index (χ2v) is 3.90. The lowest BCUT2D eigenvalue weighted by molar-refractivity contribution is 0.411. The zero-order valence-corrected chi connectivity index (χ0v) is 8.17. The number of anilines is 1. The number of nitrogens with one attached hydrogen (secondary N) is 1. The molecular formula is C9H16N4. The van der Waals surface area contributed by atoms with Crippen molar-refractivity contribution in [2.45, 2.75) is 19.3 Å².